The molecule has 0 aromatic rings. The van der Waals surface area contributed by atoms with Crippen molar-refractivity contribution in [1.29, 1.82) is 0 Å². The van der Waals surface area contributed by atoms with Gasteiger partial charge in [-0.25, -0.2) is 0 Å². The molecule has 1 aliphatic carbocycles. The number of carboxylic acids is 1. The zero-order valence-corrected chi connectivity index (χ0v) is 9.01. The van der Waals surface area contributed by atoms with E-state index in [1.54, 1.807) is 0 Å². The average Bonchev–Trinajstić information content (AvgIpc) is 2.20. The van der Waals surface area contributed by atoms with Gasteiger partial charge in [-0.05, 0) is 17.7 Å². The number of carbonyl (C=O) groups is 1. The summed E-state index contributed by atoms with van der Waals surface area (Å²) in [7, 11) is 2.47. The van der Waals surface area contributed by atoms with Gasteiger partial charge in [0.05, 0.1) is 6.42 Å². The average molecular weight is 230 g/mol. The van der Waals surface area contributed by atoms with Crippen LogP contribution in [0.5, 0.6) is 0 Å². The Kier molecular flexibility index (Phi) is 3.49. The van der Waals surface area contributed by atoms with E-state index >= 15 is 0 Å². The molecule has 6 nitrogen and oxygen atoms in total. The van der Waals surface area contributed by atoms with Crippen molar-refractivity contribution < 1.29 is 29.6 Å². The van der Waals surface area contributed by atoms with Gasteiger partial charge in [-0.3, -0.25) is 4.79 Å². The highest BCUT2D eigenvalue weighted by Crippen LogP contribution is 2.33. The minimum atomic E-state index is -2.33. The van der Waals surface area contributed by atoms with Crippen LogP contribution in [0.2, 0.25) is 0 Å². The van der Waals surface area contributed by atoms with Gasteiger partial charge in [0.25, 0.3) is 0 Å². The van der Waals surface area contributed by atoms with Gasteiger partial charge in [-0.1, -0.05) is 6.08 Å². The van der Waals surface area contributed by atoms with Gasteiger partial charge >= 0.3 is 5.97 Å². The fourth-order valence-corrected chi connectivity index (χ4v) is 1.52. The quantitative estimate of drug-likeness (QED) is 0.570. The molecule has 0 saturated carbocycles. The second-order valence-corrected chi connectivity index (χ2v) is 3.42. The van der Waals surface area contributed by atoms with Crippen LogP contribution in [-0.2, 0) is 14.3 Å². The molecule has 0 amide bonds. The van der Waals surface area contributed by atoms with Crippen LogP contribution in [0, 0.1) is 0 Å². The highest BCUT2D eigenvalue weighted by molar-refractivity contribution is 5.71. The van der Waals surface area contributed by atoms with Crippen molar-refractivity contribution in [2.24, 2.45) is 0 Å². The smallest absolute Gasteiger partial charge is 0.307 e. The van der Waals surface area contributed by atoms with Crippen LogP contribution in [0.4, 0.5) is 0 Å². The first kappa shape index (κ1) is 12.9. The van der Waals surface area contributed by atoms with Crippen molar-refractivity contribution in [3.8, 4) is 0 Å². The van der Waals surface area contributed by atoms with Crippen molar-refractivity contribution >= 4 is 5.97 Å². The molecule has 0 spiro atoms. The van der Waals surface area contributed by atoms with Gasteiger partial charge in [-0.15, -0.1) is 0 Å². The lowest BCUT2D eigenvalue weighted by atomic mass is 9.94. The van der Waals surface area contributed by atoms with Crippen LogP contribution >= 0.6 is 0 Å². The fourth-order valence-electron chi connectivity index (χ4n) is 1.52. The third-order valence-electron chi connectivity index (χ3n) is 2.38. The third kappa shape index (κ3) is 2.14. The molecule has 90 valence electrons. The highest BCUT2D eigenvalue weighted by atomic mass is 16.7. The molecule has 0 aromatic heterocycles. The molecule has 0 unspecified atom stereocenters. The maximum atomic E-state index is 10.5. The number of allylic oxidation sites excluding steroid dienone is 1. The number of hydrogen-bond donors (Lipinski definition) is 3. The van der Waals surface area contributed by atoms with Gasteiger partial charge < -0.3 is 24.8 Å². The molecule has 1 rings (SSSR count). The summed E-state index contributed by atoms with van der Waals surface area (Å²) in [6, 6.07) is 0. The van der Waals surface area contributed by atoms with Crippen LogP contribution in [0.3, 0.4) is 0 Å². The molecule has 0 fully saturated rings. The molecule has 3 N–H and O–H groups in total. The summed E-state index contributed by atoms with van der Waals surface area (Å²) in [5, 5.41) is 28.0. The number of hydrogen-bond acceptors (Lipinski definition) is 5. The molecule has 0 heterocycles. The van der Waals surface area contributed by atoms with Crippen LogP contribution in [0.15, 0.2) is 23.8 Å². The molecular formula is C10H14O6. The van der Waals surface area contributed by atoms with Gasteiger partial charge in [0.15, 0.2) is 0 Å². The zero-order chi connectivity index (χ0) is 12.4. The standard InChI is InChI=1S/C10H14O6/c1-15-10(16-2)6-7(5-8(11)12)3-4-9(10,13)14/h3-4,6,13-14H,5H2,1-2H3,(H,11,12). The Morgan fingerprint density at radius 1 is 1.38 bits per heavy atom. The molecule has 16 heavy (non-hydrogen) atoms. The normalized spacial score (nSPS) is 21.6. The van der Waals surface area contributed by atoms with E-state index in [0.717, 1.165) is 6.08 Å². The fraction of sp³-hybridized carbons (Fsp3) is 0.500. The van der Waals surface area contributed by atoms with Gasteiger partial charge in [-0.2, -0.15) is 0 Å². The van der Waals surface area contributed by atoms with E-state index in [-0.39, 0.29) is 6.42 Å². The largest absolute Gasteiger partial charge is 0.481 e. The maximum absolute atomic E-state index is 10.5. The Labute approximate surface area is 92.4 Å². The molecule has 0 radical (unpaired) electrons. The van der Waals surface area contributed by atoms with Gasteiger partial charge in [0.2, 0.25) is 11.6 Å². The molecular weight excluding hydrogens is 216 g/mol. The maximum Gasteiger partial charge on any atom is 0.307 e. The molecule has 0 aromatic carbocycles. The van der Waals surface area contributed by atoms with Gasteiger partial charge in [0.1, 0.15) is 0 Å². The zero-order valence-electron chi connectivity index (χ0n) is 9.01. The Balaban J connectivity index is 3.07. The predicted molar refractivity (Wildman–Crippen MR) is 53.4 cm³/mol. The number of carboxylic acid groups (broad SMARTS) is 1. The van der Waals surface area contributed by atoms with E-state index in [9.17, 15) is 15.0 Å². The summed E-state index contributed by atoms with van der Waals surface area (Å²) in [5.41, 5.74) is 0.370. The Morgan fingerprint density at radius 2 is 1.94 bits per heavy atom. The molecule has 0 atom stereocenters. The summed E-state index contributed by atoms with van der Waals surface area (Å²) >= 11 is 0. The number of rotatable bonds is 4. The van der Waals surface area contributed by atoms with E-state index in [1.807, 2.05) is 0 Å². The van der Waals surface area contributed by atoms with E-state index in [4.69, 9.17) is 14.6 Å². The molecule has 0 bridgehead atoms. The third-order valence-corrected chi connectivity index (χ3v) is 2.38. The number of methoxy groups -OCH3 is 2. The van der Waals surface area contributed by atoms with E-state index < -0.39 is 17.5 Å². The van der Waals surface area contributed by atoms with Crippen molar-refractivity contribution in [3.63, 3.8) is 0 Å². The molecule has 6 heteroatoms. The molecule has 1 aliphatic rings. The van der Waals surface area contributed by atoms with E-state index in [2.05, 4.69) is 0 Å². The van der Waals surface area contributed by atoms with Crippen LogP contribution < -0.4 is 0 Å². The SMILES string of the molecule is COC1(OC)C=C(CC(=O)O)C=CC1(O)O. The van der Waals surface area contributed by atoms with Crippen molar-refractivity contribution in [3.05, 3.63) is 23.8 Å². The van der Waals surface area contributed by atoms with Crippen molar-refractivity contribution in [1.82, 2.24) is 0 Å². The topological polar surface area (TPSA) is 96.2 Å². The Morgan fingerprint density at radius 3 is 2.38 bits per heavy atom. The summed E-state index contributed by atoms with van der Waals surface area (Å²) in [4.78, 5) is 10.5. The first-order valence-corrected chi connectivity index (χ1v) is 4.54. The van der Waals surface area contributed by atoms with E-state index in [0.29, 0.717) is 5.57 Å². The summed E-state index contributed by atoms with van der Waals surface area (Å²) < 4.78 is 9.82. The van der Waals surface area contributed by atoms with Crippen molar-refractivity contribution in [2.45, 2.75) is 18.0 Å². The second-order valence-electron chi connectivity index (χ2n) is 3.42. The van der Waals surface area contributed by atoms with Crippen LogP contribution in [0.25, 0.3) is 0 Å². The lowest BCUT2D eigenvalue weighted by Crippen LogP contribution is -2.55. The Hall–Kier alpha value is -1.21. The second kappa shape index (κ2) is 4.34. The lowest BCUT2D eigenvalue weighted by Gasteiger charge is -2.39. The molecule has 0 saturated heterocycles. The predicted octanol–water partition coefficient (Wildman–Crippen LogP) is -0.373. The minimum absolute atomic E-state index is 0.249. The first-order valence-electron chi connectivity index (χ1n) is 4.54. The van der Waals surface area contributed by atoms with Gasteiger partial charge in [0, 0.05) is 14.2 Å². The summed E-state index contributed by atoms with van der Waals surface area (Å²) in [6.45, 7) is 0. The minimum Gasteiger partial charge on any atom is -0.481 e. The Bertz CT molecular complexity index is 337. The highest BCUT2D eigenvalue weighted by Gasteiger charge is 2.49. The monoisotopic (exact) mass is 230 g/mol. The number of ether oxygens (including phenoxy) is 2. The molecule has 0 aliphatic heterocycles. The van der Waals surface area contributed by atoms with Crippen LogP contribution in [-0.4, -0.2) is 47.1 Å². The number of aliphatic carboxylic acids is 1. The van der Waals surface area contributed by atoms with Crippen LogP contribution in [0.1, 0.15) is 6.42 Å². The number of aliphatic hydroxyl groups is 2. The summed E-state index contributed by atoms with van der Waals surface area (Å²) in [6.07, 6.45) is 3.32. The van der Waals surface area contributed by atoms with E-state index in [1.165, 1.54) is 26.4 Å². The van der Waals surface area contributed by atoms with Crippen molar-refractivity contribution in [2.75, 3.05) is 14.2 Å². The first-order chi connectivity index (χ1) is 7.37. The summed E-state index contributed by atoms with van der Waals surface area (Å²) in [5.74, 6) is -5.15. The lowest BCUT2D eigenvalue weighted by molar-refractivity contribution is -0.328.